The number of anilines is 1. The van der Waals surface area contributed by atoms with Gasteiger partial charge in [-0.25, -0.2) is 0 Å². The third-order valence-electron chi connectivity index (χ3n) is 2.60. The Morgan fingerprint density at radius 1 is 1.38 bits per heavy atom. The van der Waals surface area contributed by atoms with Gasteiger partial charge in [-0.1, -0.05) is 20.3 Å². The highest BCUT2D eigenvalue weighted by Crippen LogP contribution is 2.16. The SMILES string of the molecule is CCC(C)CC(=O)Nc1ccc(OC)cc1. The van der Waals surface area contributed by atoms with Crippen LogP contribution in [0.15, 0.2) is 24.3 Å². The molecule has 0 saturated carbocycles. The first-order valence-corrected chi connectivity index (χ1v) is 5.59. The molecule has 0 saturated heterocycles. The number of ether oxygens (including phenoxy) is 1. The van der Waals surface area contributed by atoms with E-state index in [1.807, 2.05) is 24.3 Å². The predicted molar refractivity (Wildman–Crippen MR) is 65.7 cm³/mol. The predicted octanol–water partition coefficient (Wildman–Crippen LogP) is 3.07. The van der Waals surface area contributed by atoms with E-state index in [0.717, 1.165) is 17.9 Å². The largest absolute Gasteiger partial charge is 0.497 e. The molecule has 88 valence electrons. The maximum absolute atomic E-state index is 11.6. The van der Waals surface area contributed by atoms with Crippen molar-refractivity contribution in [1.82, 2.24) is 0 Å². The molecule has 0 aliphatic heterocycles. The van der Waals surface area contributed by atoms with Crippen molar-refractivity contribution in [3.8, 4) is 5.75 Å². The lowest BCUT2D eigenvalue weighted by Gasteiger charge is -2.09. The van der Waals surface area contributed by atoms with Crippen molar-refractivity contribution in [2.75, 3.05) is 12.4 Å². The van der Waals surface area contributed by atoms with Gasteiger partial charge in [-0.3, -0.25) is 4.79 Å². The number of hydrogen-bond acceptors (Lipinski definition) is 2. The average Bonchev–Trinajstić information content (AvgIpc) is 2.29. The van der Waals surface area contributed by atoms with Crippen molar-refractivity contribution in [2.24, 2.45) is 5.92 Å². The summed E-state index contributed by atoms with van der Waals surface area (Å²) in [5.41, 5.74) is 0.814. The van der Waals surface area contributed by atoms with Gasteiger partial charge < -0.3 is 10.1 Å². The Bertz CT molecular complexity index is 332. The third-order valence-corrected chi connectivity index (χ3v) is 2.60. The van der Waals surface area contributed by atoms with Gasteiger partial charge in [0.05, 0.1) is 7.11 Å². The quantitative estimate of drug-likeness (QED) is 0.829. The molecular weight excluding hydrogens is 202 g/mol. The van der Waals surface area contributed by atoms with Gasteiger partial charge >= 0.3 is 0 Å². The minimum absolute atomic E-state index is 0.0690. The molecule has 0 spiro atoms. The van der Waals surface area contributed by atoms with Crippen LogP contribution in [-0.2, 0) is 4.79 Å². The molecule has 16 heavy (non-hydrogen) atoms. The number of hydrogen-bond donors (Lipinski definition) is 1. The molecule has 1 N–H and O–H groups in total. The number of methoxy groups -OCH3 is 1. The highest BCUT2D eigenvalue weighted by atomic mass is 16.5. The highest BCUT2D eigenvalue weighted by Gasteiger charge is 2.07. The van der Waals surface area contributed by atoms with Crippen molar-refractivity contribution in [2.45, 2.75) is 26.7 Å². The number of nitrogens with one attached hydrogen (secondary N) is 1. The van der Waals surface area contributed by atoms with E-state index in [-0.39, 0.29) is 5.91 Å². The summed E-state index contributed by atoms with van der Waals surface area (Å²) in [7, 11) is 1.62. The van der Waals surface area contributed by atoms with Crippen LogP contribution >= 0.6 is 0 Å². The Kier molecular flexibility index (Phi) is 4.83. The van der Waals surface area contributed by atoms with Crippen LogP contribution in [0, 0.1) is 5.92 Å². The van der Waals surface area contributed by atoms with E-state index < -0.39 is 0 Å². The van der Waals surface area contributed by atoms with Gasteiger partial charge in [0, 0.05) is 12.1 Å². The van der Waals surface area contributed by atoms with Crippen LogP contribution in [-0.4, -0.2) is 13.0 Å². The first kappa shape index (κ1) is 12.6. The Labute approximate surface area is 96.8 Å². The maximum Gasteiger partial charge on any atom is 0.224 e. The molecule has 1 unspecified atom stereocenters. The molecule has 1 aromatic rings. The van der Waals surface area contributed by atoms with Crippen molar-refractivity contribution < 1.29 is 9.53 Å². The van der Waals surface area contributed by atoms with E-state index in [4.69, 9.17) is 4.74 Å². The van der Waals surface area contributed by atoms with E-state index in [1.165, 1.54) is 0 Å². The fourth-order valence-corrected chi connectivity index (χ4v) is 1.35. The molecule has 0 radical (unpaired) electrons. The Balaban J connectivity index is 2.49. The number of amides is 1. The van der Waals surface area contributed by atoms with Crippen molar-refractivity contribution in [3.63, 3.8) is 0 Å². The lowest BCUT2D eigenvalue weighted by atomic mass is 10.1. The molecule has 1 atom stereocenters. The second-order valence-electron chi connectivity index (χ2n) is 3.99. The molecule has 0 aromatic heterocycles. The molecule has 0 bridgehead atoms. The second kappa shape index (κ2) is 6.16. The summed E-state index contributed by atoms with van der Waals surface area (Å²) >= 11 is 0. The average molecular weight is 221 g/mol. The summed E-state index contributed by atoms with van der Waals surface area (Å²) in [6, 6.07) is 7.35. The van der Waals surface area contributed by atoms with E-state index in [2.05, 4.69) is 19.2 Å². The van der Waals surface area contributed by atoms with Crippen LogP contribution in [0.5, 0.6) is 5.75 Å². The smallest absolute Gasteiger partial charge is 0.224 e. The molecule has 3 nitrogen and oxygen atoms in total. The van der Waals surface area contributed by atoms with Gasteiger partial charge in [0.1, 0.15) is 5.75 Å². The van der Waals surface area contributed by atoms with Gasteiger partial charge in [0.25, 0.3) is 0 Å². The Morgan fingerprint density at radius 3 is 2.50 bits per heavy atom. The summed E-state index contributed by atoms with van der Waals surface area (Å²) in [4.78, 5) is 11.6. The van der Waals surface area contributed by atoms with Crippen LogP contribution in [0.4, 0.5) is 5.69 Å². The highest BCUT2D eigenvalue weighted by molar-refractivity contribution is 5.90. The minimum Gasteiger partial charge on any atom is -0.497 e. The zero-order chi connectivity index (χ0) is 12.0. The zero-order valence-corrected chi connectivity index (χ0v) is 10.1. The van der Waals surface area contributed by atoms with E-state index in [1.54, 1.807) is 7.11 Å². The van der Waals surface area contributed by atoms with E-state index >= 15 is 0 Å². The summed E-state index contributed by atoms with van der Waals surface area (Å²) in [5, 5.41) is 2.86. The van der Waals surface area contributed by atoms with Crippen molar-refractivity contribution in [1.29, 1.82) is 0 Å². The van der Waals surface area contributed by atoms with Gasteiger partial charge in [-0.2, -0.15) is 0 Å². The number of rotatable bonds is 5. The van der Waals surface area contributed by atoms with Gasteiger partial charge in [0.2, 0.25) is 5.91 Å². The van der Waals surface area contributed by atoms with Gasteiger partial charge in [-0.05, 0) is 30.2 Å². The van der Waals surface area contributed by atoms with E-state index in [0.29, 0.717) is 12.3 Å². The monoisotopic (exact) mass is 221 g/mol. The van der Waals surface area contributed by atoms with E-state index in [9.17, 15) is 4.79 Å². The van der Waals surface area contributed by atoms with Crippen LogP contribution < -0.4 is 10.1 Å². The number of benzene rings is 1. The fraction of sp³-hybridized carbons (Fsp3) is 0.462. The second-order valence-corrected chi connectivity index (χ2v) is 3.99. The summed E-state index contributed by atoms with van der Waals surface area (Å²) < 4.78 is 5.04. The normalized spacial score (nSPS) is 11.9. The summed E-state index contributed by atoms with van der Waals surface area (Å²) in [5.74, 6) is 1.29. The molecule has 1 aromatic carbocycles. The van der Waals surface area contributed by atoms with Gasteiger partial charge in [-0.15, -0.1) is 0 Å². The molecule has 1 rings (SSSR count). The minimum atomic E-state index is 0.0690. The molecule has 1 amide bonds. The fourth-order valence-electron chi connectivity index (χ4n) is 1.35. The lowest BCUT2D eigenvalue weighted by molar-refractivity contribution is -0.117. The maximum atomic E-state index is 11.6. The van der Waals surface area contributed by atoms with Crippen LogP contribution in [0.25, 0.3) is 0 Å². The van der Waals surface area contributed by atoms with Crippen LogP contribution in [0.2, 0.25) is 0 Å². The third kappa shape index (κ3) is 3.93. The Morgan fingerprint density at radius 2 is 2.00 bits per heavy atom. The number of carbonyl (C=O) groups is 1. The standard InChI is InChI=1S/C13H19NO2/c1-4-10(2)9-13(15)14-11-5-7-12(16-3)8-6-11/h5-8,10H,4,9H2,1-3H3,(H,14,15). The molecule has 0 aliphatic carbocycles. The van der Waals surface area contributed by atoms with Crippen LogP contribution in [0.3, 0.4) is 0 Å². The Hall–Kier alpha value is -1.51. The van der Waals surface area contributed by atoms with Crippen molar-refractivity contribution in [3.05, 3.63) is 24.3 Å². The first-order valence-electron chi connectivity index (χ1n) is 5.59. The van der Waals surface area contributed by atoms with Crippen LogP contribution in [0.1, 0.15) is 26.7 Å². The van der Waals surface area contributed by atoms with Crippen molar-refractivity contribution >= 4 is 11.6 Å². The molecule has 3 heteroatoms. The molecule has 0 aliphatic rings. The molecular formula is C13H19NO2. The molecule has 0 heterocycles. The lowest BCUT2D eigenvalue weighted by Crippen LogP contribution is -2.14. The first-order chi connectivity index (χ1) is 7.65. The summed E-state index contributed by atoms with van der Waals surface area (Å²) in [6.45, 7) is 4.17. The zero-order valence-electron chi connectivity index (χ0n) is 10.1. The number of carbonyl (C=O) groups excluding carboxylic acids is 1. The summed E-state index contributed by atoms with van der Waals surface area (Å²) in [6.07, 6.45) is 1.60. The molecule has 0 fully saturated rings. The topological polar surface area (TPSA) is 38.3 Å². The van der Waals surface area contributed by atoms with Gasteiger partial charge in [0.15, 0.2) is 0 Å².